The molecule has 0 aromatic carbocycles. The van der Waals surface area contributed by atoms with Crippen LogP contribution in [0.4, 0.5) is 4.79 Å². The maximum Gasteiger partial charge on any atom is 2.00 e. The molecule has 0 saturated carbocycles. The third-order valence-electron chi connectivity index (χ3n) is 0.208. The van der Waals surface area contributed by atoms with Crippen LogP contribution in [0.15, 0.2) is 0 Å². The van der Waals surface area contributed by atoms with E-state index < -0.39 is 6.03 Å². The van der Waals surface area contributed by atoms with Crippen molar-refractivity contribution >= 4 is 50.2 Å². The van der Waals surface area contributed by atoms with Gasteiger partial charge in [0.25, 0.3) is 0 Å². The van der Waals surface area contributed by atoms with Crippen LogP contribution in [0.25, 0.3) is 0 Å². The van der Waals surface area contributed by atoms with Crippen LogP contribution in [0.1, 0.15) is 2.85 Å². The van der Waals surface area contributed by atoms with E-state index in [0.29, 0.717) is 0 Å². The van der Waals surface area contributed by atoms with E-state index in [2.05, 4.69) is 10.6 Å². The molecule has 0 rings (SSSR count). The van der Waals surface area contributed by atoms with E-state index in [-0.39, 0.29) is 47.1 Å². The Morgan fingerprint density at radius 3 is 2.50 bits per heavy atom. The van der Waals surface area contributed by atoms with Crippen LogP contribution >= 0.6 is 0 Å². The topological polar surface area (TPSA) is 81.4 Å². The summed E-state index contributed by atoms with van der Waals surface area (Å²) >= 11 is 0. The molecule has 0 spiro atoms. The summed E-state index contributed by atoms with van der Waals surface area (Å²) in [5, 5.41) is 0. The van der Waals surface area contributed by atoms with Gasteiger partial charge in [0, 0.05) is 0 Å². The van der Waals surface area contributed by atoms with Crippen molar-refractivity contribution in [3.8, 4) is 0 Å². The van der Waals surface area contributed by atoms with Gasteiger partial charge < -0.3 is 13.4 Å². The number of amides is 2. The molecular weight excluding hydrogens is 140 g/mol. The van der Waals surface area contributed by atoms with Crippen LogP contribution in [0, 0.1) is 0 Å². The second-order valence-corrected chi connectivity index (χ2v) is 0.680. The summed E-state index contributed by atoms with van der Waals surface area (Å²) in [6, 6.07) is -0.896. The number of hydrogen-bond acceptors (Lipinski definition) is 3. The van der Waals surface area contributed by atoms with Gasteiger partial charge in [-0.05, 0) is 0 Å². The van der Waals surface area contributed by atoms with Gasteiger partial charge in [-0.25, -0.2) is 4.79 Å². The second kappa shape index (κ2) is 7.00. The molecule has 44 valence electrons. The fraction of sp³-hybridized carbons (Fsp3) is 0. The minimum absolute atomic E-state index is 0. The molecule has 0 bridgehead atoms. The largest absolute Gasteiger partial charge is 2.00 e. The molecule has 0 fully saturated rings. The van der Waals surface area contributed by atoms with Crippen LogP contribution in [0.5, 0.6) is 0 Å². The van der Waals surface area contributed by atoms with Crippen molar-refractivity contribution in [2.24, 2.45) is 5.73 Å². The van der Waals surface area contributed by atoms with Crippen molar-refractivity contribution in [2.45, 2.75) is 0 Å². The first-order chi connectivity index (χ1) is 3.27. The number of carbonyl (C=O) groups is 2. The molecular formula is C2H6CaN2O3. The zero-order chi connectivity index (χ0) is 5.70. The predicted octanol–water partition coefficient (Wildman–Crippen LogP) is -1.41. The standard InChI is InChI=1S/C2H4N2O3.Ca.2H/c3-2(6)4-7-1-5;;;/h1H,(H3,3,4,6);;;/q;+2;2*-1. The number of nitrogens with one attached hydrogen (secondary N) is 1. The van der Waals surface area contributed by atoms with Gasteiger partial charge in [-0.1, -0.05) is 0 Å². The van der Waals surface area contributed by atoms with E-state index in [1.807, 2.05) is 0 Å². The van der Waals surface area contributed by atoms with Crippen molar-refractivity contribution in [3.05, 3.63) is 0 Å². The average molecular weight is 146 g/mol. The Bertz CT molecular complexity index is 92.6. The molecule has 0 aliphatic carbocycles. The number of carbonyl (C=O) groups excluding carboxylic acids is 2. The summed E-state index contributed by atoms with van der Waals surface area (Å²) in [7, 11) is 0. The van der Waals surface area contributed by atoms with Crippen LogP contribution in [0.2, 0.25) is 0 Å². The minimum Gasteiger partial charge on any atom is -1.00 e. The summed E-state index contributed by atoms with van der Waals surface area (Å²) in [5.74, 6) is 0. The first-order valence-electron chi connectivity index (χ1n) is 1.42. The number of hydrogen-bond donors (Lipinski definition) is 2. The summed E-state index contributed by atoms with van der Waals surface area (Å²) in [4.78, 5) is 22.5. The number of rotatable bonds is 2. The van der Waals surface area contributed by atoms with E-state index in [9.17, 15) is 9.59 Å². The van der Waals surface area contributed by atoms with Gasteiger partial charge in [-0.3, -0.25) is 4.79 Å². The van der Waals surface area contributed by atoms with Gasteiger partial charge in [0.1, 0.15) is 0 Å². The summed E-state index contributed by atoms with van der Waals surface area (Å²) in [6.07, 6.45) is 0. The van der Waals surface area contributed by atoms with E-state index >= 15 is 0 Å². The van der Waals surface area contributed by atoms with E-state index in [1.54, 1.807) is 5.48 Å². The molecule has 0 aliphatic heterocycles. The first kappa shape index (κ1) is 10.9. The molecule has 0 radical (unpaired) electrons. The van der Waals surface area contributed by atoms with Crippen molar-refractivity contribution in [1.82, 2.24) is 5.48 Å². The van der Waals surface area contributed by atoms with Crippen molar-refractivity contribution in [3.63, 3.8) is 0 Å². The quantitative estimate of drug-likeness (QED) is 0.285. The third-order valence-corrected chi connectivity index (χ3v) is 0.208. The molecule has 6 heteroatoms. The SMILES string of the molecule is NC(=O)NOC=O.[Ca+2].[H-].[H-]. The first-order valence-corrected chi connectivity index (χ1v) is 1.42. The summed E-state index contributed by atoms with van der Waals surface area (Å²) < 4.78 is 0. The molecule has 0 aliphatic rings. The molecule has 0 saturated heterocycles. The third kappa shape index (κ3) is 9.37. The smallest absolute Gasteiger partial charge is 1.00 e. The monoisotopic (exact) mass is 146 g/mol. The fourth-order valence-electron chi connectivity index (χ4n) is 0.0821. The summed E-state index contributed by atoms with van der Waals surface area (Å²) in [6.45, 7) is 0.0603. The van der Waals surface area contributed by atoms with Crippen molar-refractivity contribution in [1.29, 1.82) is 0 Å². The van der Waals surface area contributed by atoms with E-state index in [1.165, 1.54) is 0 Å². The molecule has 2 amide bonds. The fourth-order valence-corrected chi connectivity index (χ4v) is 0.0821. The Morgan fingerprint density at radius 2 is 2.38 bits per heavy atom. The molecule has 0 aromatic heterocycles. The normalized spacial score (nSPS) is 6.00. The van der Waals surface area contributed by atoms with Crippen LogP contribution < -0.4 is 11.2 Å². The predicted molar refractivity (Wildman–Crippen MR) is 27.8 cm³/mol. The minimum atomic E-state index is -0.896. The Labute approximate surface area is 78.5 Å². The van der Waals surface area contributed by atoms with Crippen LogP contribution in [-0.4, -0.2) is 50.2 Å². The molecule has 0 atom stereocenters. The van der Waals surface area contributed by atoms with E-state index in [0.717, 1.165) is 0 Å². The zero-order valence-electron chi connectivity index (χ0n) is 6.09. The number of nitrogens with two attached hydrogens (primary N) is 1. The molecule has 0 aromatic rings. The van der Waals surface area contributed by atoms with Crippen LogP contribution in [-0.2, 0) is 9.63 Å². The maximum atomic E-state index is 9.59. The molecule has 0 unspecified atom stereocenters. The number of hydroxylamine groups is 1. The number of primary amides is 1. The zero-order valence-corrected chi connectivity index (χ0v) is 6.29. The molecule has 3 N–H and O–H groups in total. The molecule has 5 nitrogen and oxygen atoms in total. The maximum absolute atomic E-state index is 9.59. The second-order valence-electron chi connectivity index (χ2n) is 0.680. The Balaban J connectivity index is -0.0000000600. The van der Waals surface area contributed by atoms with Gasteiger partial charge in [0.15, 0.2) is 0 Å². The van der Waals surface area contributed by atoms with Gasteiger partial charge in [-0.2, -0.15) is 5.48 Å². The van der Waals surface area contributed by atoms with Gasteiger partial charge in [0.2, 0.25) is 0 Å². The van der Waals surface area contributed by atoms with Crippen molar-refractivity contribution < 1.29 is 17.3 Å². The number of urea groups is 1. The average Bonchev–Trinajstić information content (AvgIpc) is 1.61. The Morgan fingerprint density at radius 1 is 1.88 bits per heavy atom. The Kier molecular flexibility index (Phi) is 9.53. The van der Waals surface area contributed by atoms with E-state index in [4.69, 9.17) is 0 Å². The van der Waals surface area contributed by atoms with Crippen LogP contribution in [0.3, 0.4) is 0 Å². The Hall–Kier alpha value is -0.000260. The van der Waals surface area contributed by atoms with Gasteiger partial charge in [-0.15, -0.1) is 0 Å². The van der Waals surface area contributed by atoms with Gasteiger partial charge >= 0.3 is 50.2 Å². The molecule has 0 heterocycles. The van der Waals surface area contributed by atoms with Gasteiger partial charge in [0.05, 0.1) is 0 Å². The van der Waals surface area contributed by atoms with Crippen molar-refractivity contribution in [2.75, 3.05) is 0 Å². The summed E-state index contributed by atoms with van der Waals surface area (Å²) in [5.41, 5.74) is 6.01. The molecule has 8 heavy (non-hydrogen) atoms.